The van der Waals surface area contributed by atoms with Crippen LogP contribution < -0.4 is 15.1 Å². The molecule has 0 aliphatic heterocycles. The third-order valence-electron chi connectivity index (χ3n) is 1.71. The molecule has 94 valence electrons. The number of benzene rings is 1. The molecule has 0 aromatic heterocycles. The molecule has 5 nitrogen and oxygen atoms in total. The van der Waals surface area contributed by atoms with E-state index in [4.69, 9.17) is 14.3 Å². The van der Waals surface area contributed by atoms with Crippen LogP contribution in [0.1, 0.15) is 20.8 Å². The van der Waals surface area contributed by atoms with Gasteiger partial charge in [-0.05, 0) is 45.0 Å². The van der Waals surface area contributed by atoms with Crippen molar-refractivity contribution in [2.24, 2.45) is 0 Å². The molecule has 1 N–H and O–H groups in total. The lowest BCUT2D eigenvalue weighted by molar-refractivity contribution is 0.0287. The number of hydroxylamine groups is 1. The van der Waals surface area contributed by atoms with Crippen LogP contribution in [0.4, 0.5) is 4.79 Å². The van der Waals surface area contributed by atoms with Crippen LogP contribution in [-0.4, -0.2) is 18.8 Å². The minimum Gasteiger partial charge on any atom is -0.497 e. The van der Waals surface area contributed by atoms with E-state index in [9.17, 15) is 4.79 Å². The van der Waals surface area contributed by atoms with Crippen LogP contribution in [0.5, 0.6) is 11.5 Å². The second kappa shape index (κ2) is 5.43. The molecule has 0 saturated carbocycles. The summed E-state index contributed by atoms with van der Waals surface area (Å²) in [6, 6.07) is 6.81. The summed E-state index contributed by atoms with van der Waals surface area (Å²) in [5, 5.41) is 0. The molecule has 1 rings (SSSR count). The third kappa shape index (κ3) is 5.10. The Morgan fingerprint density at radius 1 is 1.12 bits per heavy atom. The number of carbonyl (C=O) groups is 1. The van der Waals surface area contributed by atoms with E-state index in [1.165, 1.54) is 0 Å². The van der Waals surface area contributed by atoms with Crippen molar-refractivity contribution >= 4 is 6.09 Å². The van der Waals surface area contributed by atoms with Crippen LogP contribution in [-0.2, 0) is 4.74 Å². The van der Waals surface area contributed by atoms with Gasteiger partial charge in [-0.1, -0.05) is 0 Å². The summed E-state index contributed by atoms with van der Waals surface area (Å²) in [7, 11) is 1.58. The van der Waals surface area contributed by atoms with E-state index in [0.717, 1.165) is 5.75 Å². The van der Waals surface area contributed by atoms with Gasteiger partial charge in [0.15, 0.2) is 5.75 Å². The molecule has 17 heavy (non-hydrogen) atoms. The van der Waals surface area contributed by atoms with Gasteiger partial charge in [-0.15, -0.1) is 0 Å². The highest BCUT2D eigenvalue weighted by molar-refractivity contribution is 5.66. The van der Waals surface area contributed by atoms with Crippen LogP contribution in [0.3, 0.4) is 0 Å². The summed E-state index contributed by atoms with van der Waals surface area (Å²) >= 11 is 0. The number of rotatable bonds is 3. The van der Waals surface area contributed by atoms with Crippen molar-refractivity contribution in [1.29, 1.82) is 0 Å². The molecule has 5 heteroatoms. The molecule has 0 heterocycles. The SMILES string of the molecule is COc1ccc(ONC(=O)OC(C)(C)C)cc1. The maximum atomic E-state index is 11.3. The first-order valence-corrected chi connectivity index (χ1v) is 5.20. The molecule has 0 bridgehead atoms. The Kier molecular flexibility index (Phi) is 4.20. The standard InChI is InChI=1S/C12H17NO4/c1-12(2,3)16-11(14)13-17-10-7-5-9(15-4)6-8-10/h5-8H,1-4H3,(H,13,14). The first-order valence-electron chi connectivity index (χ1n) is 5.20. The highest BCUT2D eigenvalue weighted by atomic mass is 16.7. The van der Waals surface area contributed by atoms with Crippen LogP contribution in [0.25, 0.3) is 0 Å². The Morgan fingerprint density at radius 3 is 2.12 bits per heavy atom. The summed E-state index contributed by atoms with van der Waals surface area (Å²) in [4.78, 5) is 16.3. The monoisotopic (exact) mass is 239 g/mol. The fourth-order valence-corrected chi connectivity index (χ4v) is 1.04. The molecular formula is C12H17NO4. The molecular weight excluding hydrogens is 222 g/mol. The number of nitrogens with one attached hydrogen (secondary N) is 1. The molecule has 0 aliphatic rings. The van der Waals surface area contributed by atoms with Gasteiger partial charge in [-0.3, -0.25) is 0 Å². The molecule has 0 fully saturated rings. The number of methoxy groups -OCH3 is 1. The Labute approximate surface area is 101 Å². The van der Waals surface area contributed by atoms with Crippen molar-refractivity contribution < 1.29 is 19.1 Å². The molecule has 0 saturated heterocycles. The van der Waals surface area contributed by atoms with E-state index in [1.54, 1.807) is 52.1 Å². The minimum atomic E-state index is -0.631. The van der Waals surface area contributed by atoms with E-state index in [2.05, 4.69) is 5.48 Å². The summed E-state index contributed by atoms with van der Waals surface area (Å²) < 4.78 is 10.00. The molecule has 1 amide bonds. The minimum absolute atomic E-state index is 0.497. The van der Waals surface area contributed by atoms with Crippen LogP contribution in [0.15, 0.2) is 24.3 Å². The maximum absolute atomic E-state index is 11.3. The topological polar surface area (TPSA) is 56.8 Å². The number of hydrogen-bond acceptors (Lipinski definition) is 4. The van der Waals surface area contributed by atoms with E-state index < -0.39 is 11.7 Å². The van der Waals surface area contributed by atoms with Gasteiger partial charge in [-0.2, -0.15) is 5.48 Å². The fraction of sp³-hybridized carbons (Fsp3) is 0.417. The Balaban J connectivity index is 2.42. The van der Waals surface area contributed by atoms with Crippen molar-refractivity contribution in [3.63, 3.8) is 0 Å². The quantitative estimate of drug-likeness (QED) is 0.823. The van der Waals surface area contributed by atoms with E-state index in [0.29, 0.717) is 5.75 Å². The Hall–Kier alpha value is -1.91. The highest BCUT2D eigenvalue weighted by Crippen LogP contribution is 2.16. The molecule has 0 atom stereocenters. The molecule has 0 unspecified atom stereocenters. The average Bonchev–Trinajstić information content (AvgIpc) is 2.25. The maximum Gasteiger partial charge on any atom is 0.441 e. The zero-order valence-electron chi connectivity index (χ0n) is 10.4. The normalized spacial score (nSPS) is 10.6. The van der Waals surface area contributed by atoms with Crippen molar-refractivity contribution in [1.82, 2.24) is 5.48 Å². The smallest absolute Gasteiger partial charge is 0.441 e. The molecule has 1 aromatic rings. The lowest BCUT2D eigenvalue weighted by Gasteiger charge is -2.19. The van der Waals surface area contributed by atoms with E-state index in [-0.39, 0.29) is 0 Å². The average molecular weight is 239 g/mol. The van der Waals surface area contributed by atoms with Crippen molar-refractivity contribution in [3.8, 4) is 11.5 Å². The van der Waals surface area contributed by atoms with Gasteiger partial charge in [0.1, 0.15) is 11.4 Å². The second-order valence-corrected chi connectivity index (χ2v) is 4.38. The van der Waals surface area contributed by atoms with E-state index >= 15 is 0 Å². The van der Waals surface area contributed by atoms with Gasteiger partial charge < -0.3 is 14.3 Å². The van der Waals surface area contributed by atoms with Crippen molar-refractivity contribution in [3.05, 3.63) is 24.3 Å². The van der Waals surface area contributed by atoms with Gasteiger partial charge in [0.05, 0.1) is 7.11 Å². The summed E-state index contributed by atoms with van der Waals surface area (Å²) in [5.74, 6) is 1.21. The first-order chi connectivity index (χ1) is 7.90. The molecule has 0 radical (unpaired) electrons. The predicted molar refractivity (Wildman–Crippen MR) is 63.0 cm³/mol. The van der Waals surface area contributed by atoms with Gasteiger partial charge >= 0.3 is 6.09 Å². The predicted octanol–water partition coefficient (Wildman–Crippen LogP) is 2.51. The molecule has 0 aliphatic carbocycles. The summed E-state index contributed by atoms with van der Waals surface area (Å²) in [5.41, 5.74) is 1.64. The zero-order valence-corrected chi connectivity index (χ0v) is 10.4. The van der Waals surface area contributed by atoms with Gasteiger partial charge in [0, 0.05) is 0 Å². The largest absolute Gasteiger partial charge is 0.497 e. The van der Waals surface area contributed by atoms with Gasteiger partial charge in [0.2, 0.25) is 0 Å². The fourth-order valence-electron chi connectivity index (χ4n) is 1.04. The van der Waals surface area contributed by atoms with Crippen LogP contribution in [0.2, 0.25) is 0 Å². The van der Waals surface area contributed by atoms with Crippen LogP contribution in [0, 0.1) is 0 Å². The zero-order chi connectivity index (χ0) is 12.9. The van der Waals surface area contributed by atoms with Gasteiger partial charge in [0.25, 0.3) is 0 Å². The number of amides is 1. The summed E-state index contributed by atoms with van der Waals surface area (Å²) in [6.07, 6.45) is -0.631. The van der Waals surface area contributed by atoms with Crippen LogP contribution >= 0.6 is 0 Å². The number of carbonyl (C=O) groups excluding carboxylic acids is 1. The molecule has 1 aromatic carbocycles. The molecule has 0 spiro atoms. The van der Waals surface area contributed by atoms with Crippen molar-refractivity contribution in [2.75, 3.05) is 7.11 Å². The lowest BCUT2D eigenvalue weighted by Crippen LogP contribution is -2.34. The summed E-state index contributed by atoms with van der Waals surface area (Å²) in [6.45, 7) is 5.33. The second-order valence-electron chi connectivity index (χ2n) is 4.38. The lowest BCUT2D eigenvalue weighted by atomic mass is 10.2. The Bertz CT molecular complexity index is 367. The van der Waals surface area contributed by atoms with Crippen molar-refractivity contribution in [2.45, 2.75) is 26.4 Å². The third-order valence-corrected chi connectivity index (χ3v) is 1.71. The Morgan fingerprint density at radius 2 is 1.65 bits per heavy atom. The number of ether oxygens (including phenoxy) is 2. The highest BCUT2D eigenvalue weighted by Gasteiger charge is 2.16. The number of hydrogen-bond donors (Lipinski definition) is 1. The van der Waals surface area contributed by atoms with E-state index in [1.807, 2.05) is 0 Å². The van der Waals surface area contributed by atoms with Gasteiger partial charge in [-0.25, -0.2) is 4.79 Å². The first kappa shape index (κ1) is 13.2.